The summed E-state index contributed by atoms with van der Waals surface area (Å²) < 4.78 is 196. The molecule has 4 nitrogen and oxygen atoms in total. The summed E-state index contributed by atoms with van der Waals surface area (Å²) in [4.78, 5) is 0. The average Bonchev–Trinajstić information content (AvgIpc) is 2.34. The maximum absolute atomic E-state index is 12.4. The van der Waals surface area contributed by atoms with Gasteiger partial charge < -0.3 is 5.11 Å². The van der Waals surface area contributed by atoms with Gasteiger partial charge in [0, 0.05) is 0 Å². The van der Waals surface area contributed by atoms with Crippen LogP contribution in [0.4, 0.5) is 65.4 Å². The molecule has 0 atom stereocenters. The van der Waals surface area contributed by atoms with Crippen molar-refractivity contribution < 1.29 is 83.6 Å². The van der Waals surface area contributed by atoms with Crippen LogP contribution in [-0.4, -0.2) is 55.9 Å². The van der Waals surface area contributed by atoms with Crippen molar-refractivity contribution in [1.29, 1.82) is 0 Å². The van der Waals surface area contributed by atoms with Gasteiger partial charge in [-0.15, -0.1) is 0 Å². The Kier molecular flexibility index (Phi) is 7.97. The Morgan fingerprint density at radius 3 is 1.19 bits per heavy atom. The van der Waals surface area contributed by atoms with E-state index in [1.807, 2.05) is 0 Å². The van der Waals surface area contributed by atoms with Crippen LogP contribution in [0.1, 0.15) is 0 Å². The maximum Gasteiger partial charge on any atom is 0.483 e. The first-order chi connectivity index (χ1) is 11.3. The van der Waals surface area contributed by atoms with Crippen molar-refractivity contribution in [2.75, 3.05) is 6.61 Å². The Hall–Kier alpha value is -1.18. The van der Waals surface area contributed by atoms with Crippen molar-refractivity contribution in [3.8, 4) is 0 Å². The van der Waals surface area contributed by atoms with E-state index in [2.05, 4.69) is 0 Å². The lowest BCUT2D eigenvalue weighted by Crippen LogP contribution is -2.61. The number of halogens is 15. The standard InChI is InChI=1S/C5F12O3S.C2H3F3O/c6-1(7,5(15,16)21(17,18)19)3(11,12)20-4(13,14)2(8,9)10;3-2(4,5)1-6/h;6H,1H2. The van der Waals surface area contributed by atoms with Crippen LogP contribution >= 0.6 is 0 Å². The minimum Gasteiger partial charge on any atom is -0.387 e. The topological polar surface area (TPSA) is 63.6 Å². The molecule has 0 spiro atoms. The fourth-order valence-electron chi connectivity index (χ4n) is 0.605. The van der Waals surface area contributed by atoms with E-state index in [0.29, 0.717) is 0 Å². The van der Waals surface area contributed by atoms with Crippen LogP contribution in [0.25, 0.3) is 0 Å². The van der Waals surface area contributed by atoms with E-state index in [1.54, 1.807) is 0 Å². The highest BCUT2D eigenvalue weighted by Gasteiger charge is 2.82. The monoisotopic (exact) mass is 468 g/mol. The molecule has 166 valence electrons. The fourth-order valence-corrected chi connectivity index (χ4v) is 1.03. The summed E-state index contributed by atoms with van der Waals surface area (Å²) in [5, 5.41) is -0.0643. The molecular formula is C7H3F15O4S. The van der Waals surface area contributed by atoms with Crippen LogP contribution in [0.3, 0.4) is 0 Å². The molecule has 0 fully saturated rings. The molecule has 0 unspecified atom stereocenters. The van der Waals surface area contributed by atoms with E-state index >= 15 is 0 Å². The second-order valence-corrected chi connectivity index (χ2v) is 5.32. The Balaban J connectivity index is 0. The Morgan fingerprint density at radius 2 is 1.00 bits per heavy atom. The van der Waals surface area contributed by atoms with Crippen LogP contribution in [-0.2, 0) is 15.0 Å². The summed E-state index contributed by atoms with van der Waals surface area (Å²) in [5.41, 5.74) is 0. The van der Waals surface area contributed by atoms with E-state index in [1.165, 1.54) is 4.74 Å². The van der Waals surface area contributed by atoms with Crippen molar-refractivity contribution in [3.05, 3.63) is 0 Å². The first-order valence-corrected chi connectivity index (χ1v) is 6.55. The van der Waals surface area contributed by atoms with Crippen LogP contribution in [0.15, 0.2) is 0 Å². The minimum absolute atomic E-state index is 1.28. The van der Waals surface area contributed by atoms with Crippen molar-refractivity contribution in [1.82, 2.24) is 0 Å². The van der Waals surface area contributed by atoms with Gasteiger partial charge in [-0.05, 0) is 0 Å². The number of aliphatic hydroxyl groups excluding tert-OH is 1. The second kappa shape index (κ2) is 7.68. The number of hydrogen-bond acceptors (Lipinski definition) is 4. The zero-order chi connectivity index (χ0) is 22.9. The summed E-state index contributed by atoms with van der Waals surface area (Å²) in [5.74, 6) is -7.58. The van der Waals surface area contributed by atoms with E-state index in [-0.39, 0.29) is 0 Å². The molecule has 0 aromatic rings. The maximum atomic E-state index is 12.4. The molecule has 0 radical (unpaired) electrons. The SMILES string of the molecule is O=S(=O)(F)C(F)(F)C(F)(F)C(F)(F)OC(F)(F)C(F)(F)F.OCC(F)(F)F. The zero-order valence-corrected chi connectivity index (χ0v) is 12.3. The number of alkyl halides is 14. The molecule has 0 aliphatic rings. The van der Waals surface area contributed by atoms with Crippen molar-refractivity contribution in [3.63, 3.8) is 0 Å². The molecule has 27 heavy (non-hydrogen) atoms. The van der Waals surface area contributed by atoms with Gasteiger partial charge in [-0.25, -0.2) is 4.74 Å². The largest absolute Gasteiger partial charge is 0.483 e. The third-order valence-electron chi connectivity index (χ3n) is 1.80. The van der Waals surface area contributed by atoms with E-state index in [4.69, 9.17) is 5.11 Å². The lowest BCUT2D eigenvalue weighted by molar-refractivity contribution is -0.495. The summed E-state index contributed by atoms with van der Waals surface area (Å²) in [6, 6.07) is 0. The molecule has 0 heterocycles. The van der Waals surface area contributed by atoms with Gasteiger partial charge in [-0.3, -0.25) is 0 Å². The lowest BCUT2D eigenvalue weighted by atomic mass is 10.3. The predicted octanol–water partition coefficient (Wildman–Crippen LogP) is 3.82. The molecular weight excluding hydrogens is 465 g/mol. The van der Waals surface area contributed by atoms with E-state index in [9.17, 15) is 73.8 Å². The summed E-state index contributed by atoms with van der Waals surface area (Å²) in [7, 11) is -7.80. The van der Waals surface area contributed by atoms with Gasteiger partial charge in [0.2, 0.25) is 0 Å². The number of aliphatic hydroxyl groups is 1. The normalized spacial score (nSPS) is 15.3. The number of hydrogen-bond donors (Lipinski definition) is 1. The Morgan fingerprint density at radius 1 is 0.704 bits per heavy atom. The minimum atomic E-state index is -7.80. The van der Waals surface area contributed by atoms with E-state index in [0.717, 1.165) is 0 Å². The van der Waals surface area contributed by atoms with Gasteiger partial charge in [0.1, 0.15) is 6.61 Å². The molecule has 0 aliphatic heterocycles. The van der Waals surface area contributed by atoms with Crippen molar-refractivity contribution in [2.45, 2.75) is 35.7 Å². The third kappa shape index (κ3) is 6.73. The van der Waals surface area contributed by atoms with Gasteiger partial charge >= 0.3 is 46.0 Å². The second-order valence-electron chi connectivity index (χ2n) is 3.94. The van der Waals surface area contributed by atoms with Crippen molar-refractivity contribution in [2.24, 2.45) is 0 Å². The summed E-state index contributed by atoms with van der Waals surface area (Å²) in [6.07, 6.45) is -25.9. The lowest BCUT2D eigenvalue weighted by Gasteiger charge is -2.32. The number of ether oxygens (including phenoxy) is 1. The molecule has 0 aromatic carbocycles. The quantitative estimate of drug-likeness (QED) is 0.493. The van der Waals surface area contributed by atoms with Crippen LogP contribution in [0, 0.1) is 0 Å². The van der Waals surface area contributed by atoms with Gasteiger partial charge in [-0.1, -0.05) is 3.89 Å². The first-order valence-electron chi connectivity index (χ1n) is 5.17. The molecule has 0 saturated heterocycles. The van der Waals surface area contributed by atoms with Gasteiger partial charge in [0.15, 0.2) is 0 Å². The molecule has 20 heteroatoms. The Labute approximate surface area is 137 Å². The highest BCUT2D eigenvalue weighted by atomic mass is 32.3. The fraction of sp³-hybridized carbons (Fsp3) is 1.00. The molecule has 0 amide bonds. The smallest absolute Gasteiger partial charge is 0.387 e. The first kappa shape index (κ1) is 28.0. The van der Waals surface area contributed by atoms with E-state index < -0.39 is 52.6 Å². The highest BCUT2D eigenvalue weighted by molar-refractivity contribution is 7.87. The highest BCUT2D eigenvalue weighted by Crippen LogP contribution is 2.52. The Bertz CT molecular complexity index is 588. The summed E-state index contributed by atoms with van der Waals surface area (Å²) >= 11 is 0. The summed E-state index contributed by atoms with van der Waals surface area (Å²) in [6.45, 7) is -1.73. The molecule has 1 N–H and O–H groups in total. The third-order valence-corrected chi connectivity index (χ3v) is 2.67. The average molecular weight is 468 g/mol. The van der Waals surface area contributed by atoms with Crippen LogP contribution in [0.2, 0.25) is 0 Å². The van der Waals surface area contributed by atoms with Crippen LogP contribution in [0.5, 0.6) is 0 Å². The molecule has 0 rings (SSSR count). The molecule has 0 aromatic heterocycles. The molecule has 0 aliphatic carbocycles. The number of rotatable bonds is 5. The molecule has 0 bridgehead atoms. The van der Waals surface area contributed by atoms with Gasteiger partial charge in [0.05, 0.1) is 0 Å². The predicted molar refractivity (Wildman–Crippen MR) is 50.1 cm³/mol. The molecule has 0 saturated carbocycles. The van der Waals surface area contributed by atoms with Gasteiger partial charge in [-0.2, -0.15) is 69.9 Å². The van der Waals surface area contributed by atoms with Crippen LogP contribution < -0.4 is 0 Å². The zero-order valence-electron chi connectivity index (χ0n) is 11.5. The van der Waals surface area contributed by atoms with Crippen molar-refractivity contribution >= 4 is 10.2 Å². The van der Waals surface area contributed by atoms with Gasteiger partial charge in [0.25, 0.3) is 0 Å².